The minimum Gasteiger partial charge on any atom is -0.508 e. The van der Waals surface area contributed by atoms with Gasteiger partial charge in [-0.2, -0.15) is 0 Å². The molecule has 0 radical (unpaired) electrons. The quantitative estimate of drug-likeness (QED) is 0.354. The molecule has 1 amide bonds. The number of amides is 1. The van der Waals surface area contributed by atoms with Gasteiger partial charge in [-0.15, -0.1) is 0 Å². The summed E-state index contributed by atoms with van der Waals surface area (Å²) in [5.74, 6) is -1.90. The van der Waals surface area contributed by atoms with Crippen LogP contribution >= 0.6 is 0 Å². The van der Waals surface area contributed by atoms with Crippen molar-refractivity contribution in [1.29, 1.82) is 0 Å². The number of fused-ring (bicyclic) bond motifs is 1. The Morgan fingerprint density at radius 1 is 1.00 bits per heavy atom. The fourth-order valence-electron chi connectivity index (χ4n) is 3.48. The molecule has 0 aliphatic carbocycles. The second kappa shape index (κ2) is 8.19. The van der Waals surface area contributed by atoms with Gasteiger partial charge in [-0.3, -0.25) is 9.59 Å². The van der Waals surface area contributed by atoms with Crippen LogP contribution in [0.4, 0.5) is 5.69 Å². The number of imidazole rings is 1. The van der Waals surface area contributed by atoms with E-state index in [1.165, 1.54) is 18.2 Å². The lowest BCUT2D eigenvalue weighted by Gasteiger charge is -2.18. The van der Waals surface area contributed by atoms with Crippen molar-refractivity contribution >= 4 is 28.6 Å². The maximum atomic E-state index is 12.5. The lowest BCUT2D eigenvalue weighted by Crippen LogP contribution is -2.14. The average molecular weight is 417 g/mol. The van der Waals surface area contributed by atoms with Gasteiger partial charge < -0.3 is 25.2 Å². The van der Waals surface area contributed by atoms with Crippen LogP contribution in [0.1, 0.15) is 28.4 Å². The molecule has 4 N–H and O–H groups in total. The highest BCUT2D eigenvalue weighted by molar-refractivity contribution is 6.07. The molecule has 0 saturated heterocycles. The molecule has 31 heavy (non-hydrogen) atoms. The largest absolute Gasteiger partial charge is 0.508 e. The molecule has 1 unspecified atom stereocenters. The van der Waals surface area contributed by atoms with E-state index in [1.807, 2.05) is 30.3 Å². The summed E-state index contributed by atoms with van der Waals surface area (Å²) in [6.07, 6.45) is 1.47. The van der Waals surface area contributed by atoms with E-state index in [9.17, 15) is 24.9 Å². The number of aromatic nitrogens is 2. The highest BCUT2D eigenvalue weighted by atomic mass is 16.4. The molecule has 8 heteroatoms. The fourth-order valence-corrected chi connectivity index (χ4v) is 3.48. The number of nitrogens with one attached hydrogen (secondary N) is 1. The number of nitrogens with zero attached hydrogens (tertiary/aromatic N) is 2. The number of rotatable bonds is 6. The second-order valence-corrected chi connectivity index (χ2v) is 7.04. The number of benzene rings is 3. The molecule has 1 aromatic heterocycles. The van der Waals surface area contributed by atoms with Crippen molar-refractivity contribution in [1.82, 2.24) is 9.55 Å². The van der Waals surface area contributed by atoms with Gasteiger partial charge in [-0.05, 0) is 42.0 Å². The van der Waals surface area contributed by atoms with Crippen LogP contribution in [0.3, 0.4) is 0 Å². The molecule has 0 bridgehead atoms. The predicted molar refractivity (Wildman–Crippen MR) is 114 cm³/mol. The van der Waals surface area contributed by atoms with E-state index in [2.05, 4.69) is 10.3 Å². The summed E-state index contributed by atoms with van der Waals surface area (Å²) in [6, 6.07) is 17.7. The number of anilines is 1. The third-order valence-corrected chi connectivity index (χ3v) is 4.95. The van der Waals surface area contributed by atoms with E-state index < -0.39 is 17.9 Å². The minimum atomic E-state index is -0.925. The van der Waals surface area contributed by atoms with Crippen molar-refractivity contribution in [2.75, 3.05) is 5.32 Å². The Morgan fingerprint density at radius 2 is 1.77 bits per heavy atom. The number of hydrogen-bond acceptors (Lipinski definition) is 5. The van der Waals surface area contributed by atoms with E-state index in [0.717, 1.165) is 5.56 Å². The smallest absolute Gasteiger partial charge is 0.305 e. The zero-order valence-electron chi connectivity index (χ0n) is 16.3. The van der Waals surface area contributed by atoms with Gasteiger partial charge in [0.25, 0.3) is 5.91 Å². The molecule has 1 atom stereocenters. The maximum absolute atomic E-state index is 12.5. The summed E-state index contributed by atoms with van der Waals surface area (Å²) in [5.41, 5.74) is 2.52. The maximum Gasteiger partial charge on any atom is 0.305 e. The van der Waals surface area contributed by atoms with E-state index in [1.54, 1.807) is 29.1 Å². The Balaban J connectivity index is 1.65. The van der Waals surface area contributed by atoms with Crippen LogP contribution in [-0.4, -0.2) is 36.7 Å². The highest BCUT2D eigenvalue weighted by Crippen LogP contribution is 2.29. The summed E-state index contributed by atoms with van der Waals surface area (Å²) in [6.45, 7) is 0. The SMILES string of the molecule is O=C(O)CC(c1ccccc1)n1cnc2cc(NC(=O)c3cc(O)ccc3O)ccc21. The number of phenolic OH excluding ortho intramolecular Hbond substituents is 2. The Morgan fingerprint density at radius 3 is 2.52 bits per heavy atom. The van der Waals surface area contributed by atoms with Crippen LogP contribution in [0.25, 0.3) is 11.0 Å². The van der Waals surface area contributed by atoms with Crippen LogP contribution in [0.15, 0.2) is 73.1 Å². The molecule has 0 aliphatic rings. The Bertz CT molecular complexity index is 1270. The van der Waals surface area contributed by atoms with Crippen LogP contribution < -0.4 is 5.32 Å². The van der Waals surface area contributed by atoms with Crippen LogP contribution in [-0.2, 0) is 4.79 Å². The van der Waals surface area contributed by atoms with Crippen molar-refractivity contribution in [3.05, 3.63) is 84.2 Å². The number of aromatic hydroxyl groups is 2. The van der Waals surface area contributed by atoms with Gasteiger partial charge >= 0.3 is 5.97 Å². The first-order valence-corrected chi connectivity index (χ1v) is 9.49. The molecule has 156 valence electrons. The summed E-state index contributed by atoms with van der Waals surface area (Å²) < 4.78 is 1.80. The Hall–Kier alpha value is -4.33. The minimum absolute atomic E-state index is 0.0590. The number of phenols is 2. The zero-order valence-corrected chi connectivity index (χ0v) is 16.3. The standard InChI is InChI=1S/C23H19N3O5/c27-16-7-9-21(28)17(11-16)23(31)25-15-6-8-19-18(10-15)24-13-26(19)20(12-22(29)30)14-4-2-1-3-5-14/h1-11,13,20,27-28H,12H2,(H,25,31)(H,29,30). The third kappa shape index (κ3) is 4.18. The summed E-state index contributed by atoms with van der Waals surface area (Å²) >= 11 is 0. The van der Waals surface area contributed by atoms with Gasteiger partial charge in [0, 0.05) is 5.69 Å². The number of carboxylic acid groups (broad SMARTS) is 1. The average Bonchev–Trinajstić information content (AvgIpc) is 3.17. The van der Waals surface area contributed by atoms with Crippen molar-refractivity contribution < 1.29 is 24.9 Å². The summed E-state index contributed by atoms with van der Waals surface area (Å²) in [7, 11) is 0. The molecule has 1 heterocycles. The normalized spacial score (nSPS) is 11.9. The van der Waals surface area contributed by atoms with Crippen molar-refractivity contribution in [2.45, 2.75) is 12.5 Å². The molecular formula is C23H19N3O5. The fraction of sp³-hybridized carbons (Fsp3) is 0.0870. The van der Waals surface area contributed by atoms with Gasteiger partial charge in [-0.1, -0.05) is 30.3 Å². The van der Waals surface area contributed by atoms with E-state index in [-0.39, 0.29) is 23.5 Å². The first-order chi connectivity index (χ1) is 14.9. The van der Waals surface area contributed by atoms with Crippen LogP contribution in [0.5, 0.6) is 11.5 Å². The van der Waals surface area contributed by atoms with Crippen molar-refractivity contribution in [3.8, 4) is 11.5 Å². The Labute approximate surface area is 177 Å². The molecule has 0 aliphatic heterocycles. The van der Waals surface area contributed by atoms with Gasteiger partial charge in [0.2, 0.25) is 0 Å². The predicted octanol–water partition coefficient (Wildman–Crippen LogP) is 3.76. The topological polar surface area (TPSA) is 125 Å². The van der Waals surface area contributed by atoms with E-state index in [0.29, 0.717) is 16.7 Å². The van der Waals surface area contributed by atoms with E-state index >= 15 is 0 Å². The molecule has 4 aromatic rings. The monoisotopic (exact) mass is 417 g/mol. The molecule has 3 aromatic carbocycles. The highest BCUT2D eigenvalue weighted by Gasteiger charge is 2.20. The third-order valence-electron chi connectivity index (χ3n) is 4.95. The number of aliphatic carboxylic acids is 1. The van der Waals surface area contributed by atoms with Gasteiger partial charge in [0.15, 0.2) is 0 Å². The van der Waals surface area contributed by atoms with Crippen LogP contribution in [0.2, 0.25) is 0 Å². The summed E-state index contributed by atoms with van der Waals surface area (Å²) in [5, 5.41) is 31.5. The molecule has 0 saturated carbocycles. The number of carboxylic acids is 1. The number of hydrogen-bond donors (Lipinski definition) is 4. The van der Waals surface area contributed by atoms with E-state index in [4.69, 9.17) is 0 Å². The Kier molecular flexibility index (Phi) is 5.28. The van der Waals surface area contributed by atoms with Gasteiger partial charge in [0.05, 0.1) is 35.4 Å². The van der Waals surface area contributed by atoms with Gasteiger partial charge in [0.1, 0.15) is 11.5 Å². The number of carbonyl (C=O) groups excluding carboxylic acids is 1. The second-order valence-electron chi connectivity index (χ2n) is 7.04. The lowest BCUT2D eigenvalue weighted by molar-refractivity contribution is -0.137. The molecule has 8 nitrogen and oxygen atoms in total. The first-order valence-electron chi connectivity index (χ1n) is 9.49. The molecular weight excluding hydrogens is 398 g/mol. The lowest BCUT2D eigenvalue weighted by atomic mass is 10.0. The molecule has 4 rings (SSSR count). The van der Waals surface area contributed by atoms with Gasteiger partial charge in [-0.25, -0.2) is 4.98 Å². The van der Waals surface area contributed by atoms with Crippen molar-refractivity contribution in [2.24, 2.45) is 0 Å². The zero-order chi connectivity index (χ0) is 22.0. The van der Waals surface area contributed by atoms with Crippen LogP contribution in [0, 0.1) is 0 Å². The number of carbonyl (C=O) groups is 2. The first kappa shape index (κ1) is 20.0. The molecule has 0 fully saturated rings. The van der Waals surface area contributed by atoms with Crippen molar-refractivity contribution in [3.63, 3.8) is 0 Å². The molecule has 0 spiro atoms. The summed E-state index contributed by atoms with van der Waals surface area (Å²) in [4.78, 5) is 28.3.